The average Bonchev–Trinajstić information content (AvgIpc) is 2.67. The molecular formula is C20H20N2O3. The van der Waals surface area contributed by atoms with Crippen molar-refractivity contribution in [3.05, 3.63) is 66.2 Å². The first-order chi connectivity index (χ1) is 12.1. The van der Waals surface area contributed by atoms with E-state index >= 15 is 0 Å². The van der Waals surface area contributed by atoms with Crippen molar-refractivity contribution in [2.24, 2.45) is 0 Å². The van der Waals surface area contributed by atoms with Crippen LogP contribution in [0.4, 0.5) is 4.79 Å². The lowest BCUT2D eigenvalue weighted by atomic mass is 9.95. The number of nitrogens with zero attached hydrogens (tertiary/aromatic N) is 1. The molecule has 0 saturated carbocycles. The van der Waals surface area contributed by atoms with Crippen LogP contribution in [0.1, 0.15) is 12.0 Å². The number of rotatable bonds is 4. The van der Waals surface area contributed by atoms with Crippen LogP contribution in [-0.4, -0.2) is 41.6 Å². The second-order valence-corrected chi connectivity index (χ2v) is 5.92. The second-order valence-electron chi connectivity index (χ2n) is 5.92. The van der Waals surface area contributed by atoms with E-state index in [9.17, 15) is 9.59 Å². The summed E-state index contributed by atoms with van der Waals surface area (Å²) >= 11 is 0. The molecule has 0 atom stereocenters. The summed E-state index contributed by atoms with van der Waals surface area (Å²) in [6, 6.07) is 18.6. The lowest BCUT2D eigenvalue weighted by Crippen LogP contribution is -2.41. The third-order valence-electron chi connectivity index (χ3n) is 4.29. The van der Waals surface area contributed by atoms with Gasteiger partial charge in [0.2, 0.25) is 5.91 Å². The van der Waals surface area contributed by atoms with E-state index in [1.54, 1.807) is 4.90 Å². The van der Waals surface area contributed by atoms with Crippen molar-refractivity contribution in [3.8, 4) is 11.1 Å². The molecule has 5 nitrogen and oxygen atoms in total. The average molecular weight is 336 g/mol. The van der Waals surface area contributed by atoms with Crippen LogP contribution in [0.2, 0.25) is 0 Å². The Kier molecular flexibility index (Phi) is 5.14. The zero-order valence-electron chi connectivity index (χ0n) is 13.8. The van der Waals surface area contributed by atoms with E-state index in [1.165, 1.54) is 16.7 Å². The number of carboxylic acid groups (broad SMARTS) is 1. The molecule has 1 aliphatic rings. The van der Waals surface area contributed by atoms with Crippen LogP contribution in [0.15, 0.2) is 60.7 Å². The molecule has 25 heavy (non-hydrogen) atoms. The van der Waals surface area contributed by atoms with E-state index in [0.29, 0.717) is 13.1 Å². The third-order valence-corrected chi connectivity index (χ3v) is 4.29. The van der Waals surface area contributed by atoms with Crippen LogP contribution in [0.25, 0.3) is 16.7 Å². The SMILES string of the molecule is O=C(O)NCC(=O)N1CC=C(c2cccc(-c3ccccc3)c2)CC1. The minimum atomic E-state index is -1.18. The van der Waals surface area contributed by atoms with Crippen LogP contribution in [0.5, 0.6) is 0 Å². The molecule has 2 N–H and O–H groups in total. The maximum atomic E-state index is 12.0. The molecule has 1 heterocycles. The van der Waals surface area contributed by atoms with E-state index in [0.717, 1.165) is 12.0 Å². The number of amides is 2. The lowest BCUT2D eigenvalue weighted by molar-refractivity contribution is -0.129. The first kappa shape index (κ1) is 16.8. The van der Waals surface area contributed by atoms with E-state index in [2.05, 4.69) is 35.6 Å². The summed E-state index contributed by atoms with van der Waals surface area (Å²) in [6.45, 7) is 0.925. The quantitative estimate of drug-likeness (QED) is 0.900. The summed E-state index contributed by atoms with van der Waals surface area (Å²) in [5.74, 6) is -0.198. The topological polar surface area (TPSA) is 69.6 Å². The van der Waals surface area contributed by atoms with Crippen LogP contribution in [-0.2, 0) is 4.79 Å². The Hall–Kier alpha value is -3.08. The molecule has 0 radical (unpaired) electrons. The highest BCUT2D eigenvalue weighted by atomic mass is 16.4. The van der Waals surface area contributed by atoms with Gasteiger partial charge in [0.05, 0.1) is 0 Å². The van der Waals surface area contributed by atoms with Crippen molar-refractivity contribution >= 4 is 17.6 Å². The molecule has 0 fully saturated rings. The fourth-order valence-corrected chi connectivity index (χ4v) is 2.95. The minimum Gasteiger partial charge on any atom is -0.465 e. The zero-order chi connectivity index (χ0) is 17.6. The molecule has 5 heteroatoms. The van der Waals surface area contributed by atoms with Gasteiger partial charge in [-0.15, -0.1) is 0 Å². The normalized spacial score (nSPS) is 13.9. The largest absolute Gasteiger partial charge is 0.465 e. The molecule has 0 spiro atoms. The predicted molar refractivity (Wildman–Crippen MR) is 97.1 cm³/mol. The van der Waals surface area contributed by atoms with Gasteiger partial charge < -0.3 is 15.3 Å². The number of nitrogens with one attached hydrogen (secondary N) is 1. The van der Waals surface area contributed by atoms with Crippen molar-refractivity contribution in [1.82, 2.24) is 10.2 Å². The Morgan fingerprint density at radius 3 is 2.40 bits per heavy atom. The van der Waals surface area contributed by atoms with Crippen LogP contribution < -0.4 is 5.32 Å². The van der Waals surface area contributed by atoms with Gasteiger partial charge in [-0.05, 0) is 34.8 Å². The molecule has 3 rings (SSSR count). The molecular weight excluding hydrogens is 316 g/mol. The highest BCUT2D eigenvalue weighted by Gasteiger charge is 2.18. The summed E-state index contributed by atoms with van der Waals surface area (Å²) in [6.07, 6.45) is 1.63. The highest BCUT2D eigenvalue weighted by molar-refractivity contribution is 5.83. The standard InChI is InChI=1S/C20H20N2O3/c23-19(14-21-20(24)25)22-11-9-16(10-12-22)18-8-4-7-17(13-18)15-5-2-1-3-6-15/h1-9,13,21H,10-12,14H2,(H,24,25). The van der Waals surface area contributed by atoms with Crippen molar-refractivity contribution < 1.29 is 14.7 Å². The molecule has 2 aromatic rings. The molecule has 0 aliphatic carbocycles. The Morgan fingerprint density at radius 1 is 1.00 bits per heavy atom. The Labute approximate surface area is 146 Å². The Morgan fingerprint density at radius 2 is 1.72 bits per heavy atom. The minimum absolute atomic E-state index is 0.179. The van der Waals surface area contributed by atoms with Crippen LogP contribution >= 0.6 is 0 Å². The first-order valence-electron chi connectivity index (χ1n) is 8.23. The van der Waals surface area contributed by atoms with Gasteiger partial charge in [0, 0.05) is 13.1 Å². The van der Waals surface area contributed by atoms with Crippen LogP contribution in [0, 0.1) is 0 Å². The van der Waals surface area contributed by atoms with Gasteiger partial charge in [-0.3, -0.25) is 4.79 Å². The van der Waals surface area contributed by atoms with Gasteiger partial charge in [0.25, 0.3) is 0 Å². The zero-order valence-corrected chi connectivity index (χ0v) is 13.8. The second kappa shape index (κ2) is 7.66. The van der Waals surface area contributed by atoms with Gasteiger partial charge in [0.1, 0.15) is 6.54 Å². The summed E-state index contributed by atoms with van der Waals surface area (Å²) < 4.78 is 0. The molecule has 0 saturated heterocycles. The van der Waals surface area contributed by atoms with E-state index in [1.807, 2.05) is 30.3 Å². The van der Waals surface area contributed by atoms with Gasteiger partial charge in [0.15, 0.2) is 0 Å². The fourth-order valence-electron chi connectivity index (χ4n) is 2.95. The van der Waals surface area contributed by atoms with Gasteiger partial charge in [-0.25, -0.2) is 4.79 Å². The molecule has 0 aromatic heterocycles. The number of benzene rings is 2. The molecule has 1 aliphatic heterocycles. The summed E-state index contributed by atoms with van der Waals surface area (Å²) in [5.41, 5.74) is 4.73. The number of hydrogen-bond donors (Lipinski definition) is 2. The maximum Gasteiger partial charge on any atom is 0.405 e. The van der Waals surface area contributed by atoms with Crippen LogP contribution in [0.3, 0.4) is 0 Å². The summed E-state index contributed by atoms with van der Waals surface area (Å²) in [7, 11) is 0. The molecule has 128 valence electrons. The summed E-state index contributed by atoms with van der Waals surface area (Å²) in [5, 5.41) is 10.7. The summed E-state index contributed by atoms with van der Waals surface area (Å²) in [4.78, 5) is 24.1. The predicted octanol–water partition coefficient (Wildman–Crippen LogP) is 3.24. The monoisotopic (exact) mass is 336 g/mol. The van der Waals surface area contributed by atoms with Crippen molar-refractivity contribution in [3.63, 3.8) is 0 Å². The molecule has 0 unspecified atom stereocenters. The molecule has 2 aromatic carbocycles. The number of carbonyl (C=O) groups is 2. The van der Waals surface area contributed by atoms with Crippen molar-refractivity contribution in [2.75, 3.05) is 19.6 Å². The molecule has 0 bridgehead atoms. The third kappa shape index (κ3) is 4.26. The van der Waals surface area contributed by atoms with E-state index in [4.69, 9.17) is 5.11 Å². The number of carbonyl (C=O) groups excluding carboxylic acids is 1. The Bertz CT molecular complexity index is 800. The first-order valence-corrected chi connectivity index (χ1v) is 8.23. The number of hydrogen-bond acceptors (Lipinski definition) is 2. The Balaban J connectivity index is 1.70. The van der Waals surface area contributed by atoms with Gasteiger partial charge >= 0.3 is 6.09 Å². The van der Waals surface area contributed by atoms with Crippen molar-refractivity contribution in [2.45, 2.75) is 6.42 Å². The van der Waals surface area contributed by atoms with Gasteiger partial charge in [-0.2, -0.15) is 0 Å². The molecule has 2 amide bonds. The smallest absolute Gasteiger partial charge is 0.405 e. The lowest BCUT2D eigenvalue weighted by Gasteiger charge is -2.26. The fraction of sp³-hybridized carbons (Fsp3) is 0.200. The van der Waals surface area contributed by atoms with E-state index < -0.39 is 6.09 Å². The van der Waals surface area contributed by atoms with Crippen molar-refractivity contribution in [1.29, 1.82) is 0 Å². The highest BCUT2D eigenvalue weighted by Crippen LogP contribution is 2.27. The maximum absolute atomic E-state index is 12.0. The van der Waals surface area contributed by atoms with E-state index in [-0.39, 0.29) is 12.5 Å². The van der Waals surface area contributed by atoms with Gasteiger partial charge in [-0.1, -0.05) is 54.6 Å².